The monoisotopic (exact) mass is 1990 g/mol. The van der Waals surface area contributed by atoms with Gasteiger partial charge >= 0.3 is 12.2 Å². The number of carbonyl (C=O) groups is 2. The van der Waals surface area contributed by atoms with Crippen molar-refractivity contribution in [1.82, 2.24) is 44.9 Å². The smallest absolute Gasteiger partial charge is 0.410 e. The summed E-state index contributed by atoms with van der Waals surface area (Å²) in [4.78, 5) is 53.7. The molecule has 806 valence electrons. The van der Waals surface area contributed by atoms with E-state index in [-0.39, 0.29) is 39.3 Å². The number of pyridine rings is 1. The highest BCUT2D eigenvalue weighted by Gasteiger charge is 2.36. The lowest BCUT2D eigenvalue weighted by Gasteiger charge is -2.41. The van der Waals surface area contributed by atoms with Crippen molar-refractivity contribution in [1.29, 1.82) is 0 Å². The molecule has 8 heterocycles. The van der Waals surface area contributed by atoms with Crippen LogP contribution < -0.4 is 15.1 Å². The van der Waals surface area contributed by atoms with Crippen LogP contribution in [-0.2, 0) is 47.4 Å². The second kappa shape index (κ2) is 57.1. The molecule has 5 fully saturated rings. The topological polar surface area (TPSA) is 136 Å². The number of likely N-dealkylation sites (tertiary alicyclic amines) is 3. The number of likely N-dealkylation sites (N-methyl/N-ethyl adjacent to an activating group) is 2. The molecule has 8 aromatic rings. The third-order valence-electron chi connectivity index (χ3n) is 27.2. The van der Waals surface area contributed by atoms with Gasteiger partial charge < -0.3 is 48.7 Å². The number of quaternary nitrogens is 1. The average Bonchev–Trinajstić information content (AvgIpc) is 1.70. The lowest BCUT2D eigenvalue weighted by molar-refractivity contribution is -0.896. The van der Waals surface area contributed by atoms with E-state index in [0.29, 0.717) is 45.0 Å². The average molecular weight is 1990 g/mol. The molecule has 0 saturated carbocycles. The molecule has 17 heteroatoms. The van der Waals surface area contributed by atoms with Crippen LogP contribution in [0.25, 0.3) is 10.2 Å². The van der Waals surface area contributed by atoms with Crippen LogP contribution in [0.3, 0.4) is 0 Å². The number of nitrogens with zero attached hydrogens (tertiary/aromatic N) is 11. The maximum atomic E-state index is 11.9. The van der Waals surface area contributed by atoms with Crippen molar-refractivity contribution in [3.05, 3.63) is 215 Å². The van der Waals surface area contributed by atoms with Gasteiger partial charge in [-0.15, -0.1) is 11.3 Å². The number of hydrogen-bond donors (Lipinski definition) is 1. The quantitative estimate of drug-likeness (QED) is 0.129. The van der Waals surface area contributed by atoms with Gasteiger partial charge in [0.05, 0.1) is 42.4 Å². The van der Waals surface area contributed by atoms with Crippen molar-refractivity contribution in [3.63, 3.8) is 0 Å². The van der Waals surface area contributed by atoms with Crippen molar-refractivity contribution < 1.29 is 23.5 Å². The van der Waals surface area contributed by atoms with E-state index >= 15 is 0 Å². The minimum absolute atomic E-state index is 0.142. The number of rotatable bonds is 5. The Labute approximate surface area is 882 Å². The Morgan fingerprint density at radius 2 is 0.769 bits per heavy atom. The van der Waals surface area contributed by atoms with Gasteiger partial charge in [0, 0.05) is 126 Å². The summed E-state index contributed by atoms with van der Waals surface area (Å²) >= 11 is 1.76. The zero-order valence-electron chi connectivity index (χ0n) is 100. The van der Waals surface area contributed by atoms with Crippen LogP contribution in [-0.4, -0.2) is 201 Å². The number of ether oxygens (including phenoxy) is 2. The van der Waals surface area contributed by atoms with Gasteiger partial charge in [0.25, 0.3) is 0 Å². The maximum absolute atomic E-state index is 11.9. The number of amides is 2. The zero-order valence-corrected chi connectivity index (χ0v) is 101. The molecule has 143 heavy (non-hydrogen) atoms. The first-order valence-electron chi connectivity index (χ1n) is 54.0. The van der Waals surface area contributed by atoms with Crippen LogP contribution in [0.5, 0.6) is 0 Å². The van der Waals surface area contributed by atoms with E-state index in [9.17, 15) is 9.59 Å². The molecule has 5 aliphatic heterocycles. The number of anilines is 2. The number of hydrogen-bond acceptors (Lipinski definition) is 14. The van der Waals surface area contributed by atoms with Crippen molar-refractivity contribution in [2.24, 2.45) is 39.4 Å². The van der Waals surface area contributed by atoms with Gasteiger partial charge in [0.1, 0.15) is 17.5 Å². The number of piperazine rings is 2. The van der Waals surface area contributed by atoms with Crippen molar-refractivity contribution in [3.8, 4) is 0 Å². The Morgan fingerprint density at radius 3 is 1.13 bits per heavy atom. The molecule has 0 spiro atoms. The molecule has 3 aromatic heterocycles. The van der Waals surface area contributed by atoms with Gasteiger partial charge in [-0.25, -0.2) is 24.5 Å². The molecule has 13 rings (SSSR count). The molecule has 0 bridgehead atoms. The molecular formula is C126H213N12O4S+. The largest absolute Gasteiger partial charge is 0.444 e. The highest BCUT2D eigenvalue weighted by atomic mass is 32.1. The van der Waals surface area contributed by atoms with Crippen LogP contribution in [0.2, 0.25) is 0 Å². The van der Waals surface area contributed by atoms with Crippen LogP contribution in [0.4, 0.5) is 21.0 Å². The molecule has 0 atom stereocenters. The number of piperidine rings is 3. The minimum Gasteiger partial charge on any atom is -0.444 e. The van der Waals surface area contributed by atoms with Gasteiger partial charge in [0.15, 0.2) is 0 Å². The fraction of sp³-hybridized carbons (Fsp3) is 0.667. The molecule has 5 aromatic carbocycles. The Balaban J connectivity index is 0.000000407. The van der Waals surface area contributed by atoms with E-state index in [2.05, 4.69) is 454 Å². The summed E-state index contributed by atoms with van der Waals surface area (Å²) in [5, 5.41) is 3.90. The number of nitrogens with one attached hydrogen (secondary N) is 1. The fourth-order valence-electron chi connectivity index (χ4n) is 16.8. The van der Waals surface area contributed by atoms with Crippen molar-refractivity contribution in [2.45, 2.75) is 377 Å². The van der Waals surface area contributed by atoms with Crippen LogP contribution in [0.1, 0.15) is 365 Å². The molecule has 0 aliphatic carbocycles. The summed E-state index contributed by atoms with van der Waals surface area (Å²) in [7, 11) is 11.3. The Kier molecular flexibility index (Phi) is 51.7. The Bertz CT molecular complexity index is 4580. The van der Waals surface area contributed by atoms with Gasteiger partial charge in [-0.05, 0) is 275 Å². The summed E-state index contributed by atoms with van der Waals surface area (Å²) in [6.45, 7) is 105. The third kappa shape index (κ3) is 54.6. The lowest BCUT2D eigenvalue weighted by atomic mass is 9.75. The highest BCUT2D eigenvalue weighted by molar-refractivity contribution is 7.18. The molecule has 16 nitrogen and oxygen atoms in total. The van der Waals surface area contributed by atoms with Gasteiger partial charge in [-0.1, -0.05) is 326 Å². The van der Waals surface area contributed by atoms with E-state index in [4.69, 9.17) is 9.47 Å². The Morgan fingerprint density at radius 1 is 0.385 bits per heavy atom. The van der Waals surface area contributed by atoms with E-state index in [0.717, 1.165) is 93.0 Å². The minimum atomic E-state index is -0.409. The first kappa shape index (κ1) is 129. The summed E-state index contributed by atoms with van der Waals surface area (Å²) < 4.78 is 13.0. The SMILES string of the molecule is CC(C)(C)C1CC[N+](C)(C)CC1.CC(C)(C)CCCNC(=O)OC(C)(C)C.CC(C)(C)OC(=O)N1CCC(C(C)(C)C)CC1.CC(C)(C)c1ccccc1.CC(C)(C)c1ccccc1.CC(C)(C)c1cccnc1.CC(C)(C)c1ccncn1.CN1CCC(C(C)(C)C)CC1.CN1CCN(c2ccc(C(C)(C)C)cc2)CC1.CN1CCN(c2cccc(C(C)(C)C)c2)CC1.Cc1nc2cc(C(C)(C)C)ccc2s1. The summed E-state index contributed by atoms with van der Waals surface area (Å²) in [6.07, 6.45) is 16.5. The van der Waals surface area contributed by atoms with Crippen LogP contribution in [0, 0.1) is 46.3 Å². The van der Waals surface area contributed by atoms with E-state index in [1.165, 1.54) is 132 Å². The number of alkyl carbamates (subject to hydrolysis) is 1. The number of thiazole rings is 1. The second-order valence-corrected chi connectivity index (χ2v) is 56.3. The van der Waals surface area contributed by atoms with E-state index < -0.39 is 11.2 Å². The normalized spacial score (nSPS) is 16.4. The summed E-state index contributed by atoms with van der Waals surface area (Å²) in [6, 6.07) is 51.8. The Hall–Kier alpha value is -7.80. The summed E-state index contributed by atoms with van der Waals surface area (Å²) in [5.74, 6) is 2.60. The van der Waals surface area contributed by atoms with Gasteiger partial charge in [-0.2, -0.15) is 0 Å². The number of carbonyl (C=O) groups excluding carboxylic acids is 2. The zero-order chi connectivity index (χ0) is 109. The predicted molar refractivity (Wildman–Crippen MR) is 623 cm³/mol. The number of aromatic nitrogens is 4. The van der Waals surface area contributed by atoms with E-state index in [1.54, 1.807) is 30.1 Å². The van der Waals surface area contributed by atoms with Crippen LogP contribution in [0.15, 0.2) is 171 Å². The standard InChI is InChI=1S/2C15H24N2.C14H27NO2.C12H25NO2.C12H15NS.C11H24N.C10H21N.2C10H14.C9H13N.C8H12N2/c1-15(2,3)13-5-7-14(8-6-13)17-11-9-16(4)10-12-17;1-15(2,3)13-6-5-7-14(12-13)17-10-8-16(4)9-11-17;1-13(2,3)11-7-9-15(10-8-11)12(16)17-14(4,5)6;1-11(2,3)8-7-9-13-10(14)15-12(4,5)6;1-8-13-10-7-9(12(2,3)4)5-6-11(10)14-8;1-11(2,3)10-6-8-12(4,5)9-7-10;1-10(2,3)9-5-7-11(4)8-6-9;2*1-10(2,3)9-7-5-4-6-8-9;1-9(2,3)8-5-4-6-10-7-8;1-8(2,3)7-4-5-9-6-10-7/h5-8H,9-12H2,1-4H3;5-7,12H,8-11H2,1-4H3;11H,7-10H2,1-6H3;7-9H2,1-6H3,(H,13,14);5-7H,1-4H3;10H,6-9H2,1-5H3;9H,5-8H2,1-4H3;2*4-8H,1-3H3;4-7H,1-3H3;4-6H,1-3H3/q;;;;;+1;;;;;. The molecule has 5 aliphatic rings. The van der Waals surface area contributed by atoms with Gasteiger partial charge in [0.2, 0.25) is 0 Å². The second-order valence-electron chi connectivity index (χ2n) is 55.1. The number of fused-ring (bicyclic) bond motifs is 1. The van der Waals surface area contributed by atoms with Gasteiger partial charge in [-0.3, -0.25) is 4.98 Å². The fourth-order valence-corrected chi connectivity index (χ4v) is 17.6. The molecule has 0 radical (unpaired) electrons. The highest BCUT2D eigenvalue weighted by Crippen LogP contribution is 2.39. The van der Waals surface area contributed by atoms with Crippen LogP contribution >= 0.6 is 11.3 Å². The predicted octanol–water partition coefficient (Wildman–Crippen LogP) is 31.4. The number of benzene rings is 5. The number of aryl methyl sites for hydroxylation is 1. The van der Waals surface area contributed by atoms with Crippen molar-refractivity contribution >= 4 is 45.1 Å². The first-order chi connectivity index (χ1) is 65.3. The lowest BCUT2D eigenvalue weighted by Crippen LogP contribution is -2.48. The summed E-state index contributed by atoms with van der Waals surface area (Å²) in [5.41, 5.74) is 15.8. The molecule has 1 N–H and O–H groups in total. The maximum Gasteiger partial charge on any atom is 0.410 e. The first-order valence-corrected chi connectivity index (χ1v) is 54.8. The van der Waals surface area contributed by atoms with E-state index in [1.807, 2.05) is 64.8 Å². The molecule has 5 saturated heterocycles. The molecular weight excluding hydrogens is 1780 g/mol. The third-order valence-corrected chi connectivity index (χ3v) is 28.1. The molecule has 2 amide bonds. The molecule has 0 unspecified atom stereocenters. The van der Waals surface area contributed by atoms with Crippen molar-refractivity contribution in [2.75, 3.05) is 143 Å².